The summed E-state index contributed by atoms with van der Waals surface area (Å²) in [5, 5.41) is 0. The molecular weight excluding hydrogens is 845 g/mol. The number of carbonyl (C=O) groups excluding carboxylic acids is 4. The van der Waals surface area contributed by atoms with E-state index in [0.29, 0.717) is 52.2 Å². The zero-order chi connectivity index (χ0) is 49.5. The second-order valence-corrected chi connectivity index (χ2v) is 20.6. The van der Waals surface area contributed by atoms with Crippen molar-refractivity contribution in [2.75, 3.05) is 72.0 Å². The SMILES string of the molecule is CCCCCCC(CCCC)OC(=O)CCN(CCC(=O)OC(CCCC)CCCCCC)CCN(CCC(=O)OC(CCCC)CCCCCC)CCN1CCN(C(=O)OC(C)(C)C)CC1. The molecule has 12 nitrogen and oxygen atoms in total. The van der Waals surface area contributed by atoms with Gasteiger partial charge in [0.15, 0.2) is 0 Å². The van der Waals surface area contributed by atoms with E-state index in [1.807, 2.05) is 20.8 Å². The van der Waals surface area contributed by atoms with Gasteiger partial charge in [-0.25, -0.2) is 4.79 Å². The van der Waals surface area contributed by atoms with Gasteiger partial charge >= 0.3 is 24.0 Å². The summed E-state index contributed by atoms with van der Waals surface area (Å²) in [5.74, 6) is -0.490. The Morgan fingerprint density at radius 2 is 0.761 bits per heavy atom. The van der Waals surface area contributed by atoms with Crippen LogP contribution in [0.1, 0.15) is 236 Å². The first-order valence-corrected chi connectivity index (χ1v) is 28.0. The molecular formula is C55H106N4O8. The number of ether oxygens (including phenoxy) is 4. The Morgan fingerprint density at radius 3 is 1.09 bits per heavy atom. The first-order valence-electron chi connectivity index (χ1n) is 28.0. The minimum atomic E-state index is -0.536. The molecule has 0 saturated carbocycles. The molecule has 1 aliphatic rings. The van der Waals surface area contributed by atoms with Crippen molar-refractivity contribution in [3.05, 3.63) is 0 Å². The maximum Gasteiger partial charge on any atom is 0.410 e. The zero-order valence-electron chi connectivity index (χ0n) is 45.2. The van der Waals surface area contributed by atoms with Crippen LogP contribution in [-0.2, 0) is 33.3 Å². The van der Waals surface area contributed by atoms with E-state index in [0.717, 1.165) is 135 Å². The van der Waals surface area contributed by atoms with E-state index in [1.54, 1.807) is 4.90 Å². The molecule has 67 heavy (non-hydrogen) atoms. The van der Waals surface area contributed by atoms with Gasteiger partial charge in [0, 0.05) is 72.0 Å². The quantitative estimate of drug-likeness (QED) is 0.0331. The maximum absolute atomic E-state index is 13.5. The number of esters is 3. The number of carbonyl (C=O) groups is 4. The first-order chi connectivity index (χ1) is 32.3. The van der Waals surface area contributed by atoms with E-state index < -0.39 is 5.60 Å². The predicted octanol–water partition coefficient (Wildman–Crippen LogP) is 12.5. The van der Waals surface area contributed by atoms with Crippen molar-refractivity contribution < 1.29 is 38.1 Å². The lowest BCUT2D eigenvalue weighted by Crippen LogP contribution is -2.51. The van der Waals surface area contributed by atoms with Gasteiger partial charge in [-0.15, -0.1) is 0 Å². The summed E-state index contributed by atoms with van der Waals surface area (Å²) < 4.78 is 24.1. The molecule has 3 unspecified atom stereocenters. The number of piperazine rings is 1. The lowest BCUT2D eigenvalue weighted by molar-refractivity contribution is -0.152. The van der Waals surface area contributed by atoms with E-state index in [-0.39, 0.29) is 55.2 Å². The van der Waals surface area contributed by atoms with Crippen molar-refractivity contribution in [3.63, 3.8) is 0 Å². The van der Waals surface area contributed by atoms with Crippen molar-refractivity contribution in [2.45, 2.75) is 260 Å². The highest BCUT2D eigenvalue weighted by molar-refractivity contribution is 5.71. The van der Waals surface area contributed by atoms with Gasteiger partial charge in [0.05, 0.1) is 19.3 Å². The molecule has 1 rings (SSSR count). The third-order valence-corrected chi connectivity index (χ3v) is 13.1. The average molecular weight is 951 g/mol. The predicted molar refractivity (Wildman–Crippen MR) is 275 cm³/mol. The number of hydrogen-bond donors (Lipinski definition) is 0. The van der Waals surface area contributed by atoms with Crippen LogP contribution in [0.25, 0.3) is 0 Å². The van der Waals surface area contributed by atoms with Gasteiger partial charge in [-0.05, 0) is 78.6 Å². The van der Waals surface area contributed by atoms with Crippen LogP contribution < -0.4 is 0 Å². The average Bonchev–Trinajstić information content (AvgIpc) is 3.30. The highest BCUT2D eigenvalue weighted by Gasteiger charge is 2.27. The Hall–Kier alpha value is -2.44. The molecule has 1 fully saturated rings. The molecule has 1 aliphatic heterocycles. The van der Waals surface area contributed by atoms with E-state index in [2.05, 4.69) is 56.2 Å². The van der Waals surface area contributed by atoms with Crippen molar-refractivity contribution in [1.82, 2.24) is 19.6 Å². The number of unbranched alkanes of at least 4 members (excludes halogenated alkanes) is 12. The summed E-state index contributed by atoms with van der Waals surface area (Å²) in [6, 6.07) is 0. The highest BCUT2D eigenvalue weighted by atomic mass is 16.6. The molecule has 3 atom stereocenters. The summed E-state index contributed by atoms with van der Waals surface area (Å²) in [7, 11) is 0. The van der Waals surface area contributed by atoms with Crippen LogP contribution in [0, 0.1) is 0 Å². The van der Waals surface area contributed by atoms with Crippen molar-refractivity contribution in [1.29, 1.82) is 0 Å². The minimum Gasteiger partial charge on any atom is -0.462 e. The summed E-state index contributed by atoms with van der Waals surface area (Å²) in [6.45, 7) is 25.9. The standard InChI is InChI=1S/C55H106N4O8/c1-10-16-22-25-31-48(28-19-13-4)64-51(60)34-37-56(38-35-52(61)65-49(29-20-14-5)32-26-23-17-11-2)40-41-57(39-36-53(62)66-50(30-21-15-6)33-27-24-18-12-3)42-43-58-44-46-59(47-45-58)54(63)67-55(7,8)9/h48-50H,10-47H2,1-9H3. The fourth-order valence-electron chi connectivity index (χ4n) is 8.68. The Bertz CT molecular complexity index is 1200. The minimum absolute atomic E-state index is 0.0372. The van der Waals surface area contributed by atoms with E-state index in [9.17, 15) is 19.2 Å². The molecule has 0 aromatic carbocycles. The Balaban J connectivity index is 3.19. The summed E-state index contributed by atoms with van der Waals surface area (Å²) in [5.41, 5.74) is -0.536. The number of hydrogen-bond acceptors (Lipinski definition) is 11. The van der Waals surface area contributed by atoms with Crippen molar-refractivity contribution >= 4 is 24.0 Å². The van der Waals surface area contributed by atoms with Gasteiger partial charge in [0.2, 0.25) is 0 Å². The van der Waals surface area contributed by atoms with Crippen LogP contribution in [-0.4, -0.2) is 140 Å². The topological polar surface area (TPSA) is 118 Å². The van der Waals surface area contributed by atoms with Gasteiger partial charge < -0.3 is 33.6 Å². The summed E-state index contributed by atoms with van der Waals surface area (Å²) >= 11 is 0. The fraction of sp³-hybridized carbons (Fsp3) is 0.927. The lowest BCUT2D eigenvalue weighted by Gasteiger charge is -2.36. The molecule has 0 radical (unpaired) electrons. The molecule has 394 valence electrons. The first kappa shape index (κ1) is 62.6. The number of rotatable bonds is 42. The molecule has 0 bridgehead atoms. The summed E-state index contributed by atoms with van der Waals surface area (Å²) in [6.07, 6.45) is 26.0. The molecule has 0 spiro atoms. The molecule has 1 heterocycles. The number of amides is 1. The number of nitrogens with zero attached hydrogens (tertiary/aromatic N) is 4. The normalized spacial score (nSPS) is 14.9. The molecule has 0 N–H and O–H groups in total. The van der Waals surface area contributed by atoms with Crippen LogP contribution in [0.2, 0.25) is 0 Å². The molecule has 0 aromatic heterocycles. The monoisotopic (exact) mass is 951 g/mol. The third kappa shape index (κ3) is 34.5. The largest absolute Gasteiger partial charge is 0.462 e. The van der Waals surface area contributed by atoms with Gasteiger partial charge in [-0.1, -0.05) is 138 Å². The Labute approximate surface area is 412 Å². The van der Waals surface area contributed by atoms with Crippen LogP contribution in [0.3, 0.4) is 0 Å². The molecule has 1 saturated heterocycles. The van der Waals surface area contributed by atoms with E-state index in [1.165, 1.54) is 44.9 Å². The smallest absolute Gasteiger partial charge is 0.410 e. The molecule has 12 heteroatoms. The van der Waals surface area contributed by atoms with Crippen LogP contribution >= 0.6 is 0 Å². The van der Waals surface area contributed by atoms with E-state index in [4.69, 9.17) is 18.9 Å². The maximum atomic E-state index is 13.5. The van der Waals surface area contributed by atoms with Gasteiger partial charge in [0.1, 0.15) is 23.9 Å². The fourth-order valence-corrected chi connectivity index (χ4v) is 8.68. The van der Waals surface area contributed by atoms with Crippen LogP contribution in [0.15, 0.2) is 0 Å². The lowest BCUT2D eigenvalue weighted by atomic mass is 10.0. The second kappa shape index (κ2) is 40.3. The zero-order valence-corrected chi connectivity index (χ0v) is 45.2. The van der Waals surface area contributed by atoms with Crippen LogP contribution in [0.5, 0.6) is 0 Å². The van der Waals surface area contributed by atoms with Crippen LogP contribution in [0.4, 0.5) is 4.79 Å². The van der Waals surface area contributed by atoms with E-state index >= 15 is 0 Å². The van der Waals surface area contributed by atoms with Gasteiger partial charge in [0.25, 0.3) is 0 Å². The molecule has 1 amide bonds. The van der Waals surface area contributed by atoms with Gasteiger partial charge in [-0.3, -0.25) is 19.3 Å². The highest BCUT2D eigenvalue weighted by Crippen LogP contribution is 2.19. The molecule has 0 aliphatic carbocycles. The molecule has 0 aromatic rings. The van der Waals surface area contributed by atoms with Gasteiger partial charge in [-0.2, -0.15) is 0 Å². The third-order valence-electron chi connectivity index (χ3n) is 13.1. The Kier molecular flexibility index (Phi) is 37.6. The van der Waals surface area contributed by atoms with Crippen molar-refractivity contribution in [2.24, 2.45) is 0 Å². The van der Waals surface area contributed by atoms with Crippen molar-refractivity contribution in [3.8, 4) is 0 Å². The second-order valence-electron chi connectivity index (χ2n) is 20.6. The summed E-state index contributed by atoms with van der Waals surface area (Å²) in [4.78, 5) is 62.0. The Morgan fingerprint density at radius 1 is 0.433 bits per heavy atom.